The van der Waals surface area contributed by atoms with Crippen molar-refractivity contribution in [2.24, 2.45) is 17.8 Å². The van der Waals surface area contributed by atoms with E-state index < -0.39 is 0 Å². The van der Waals surface area contributed by atoms with E-state index in [-0.39, 0.29) is 11.8 Å². The largest absolute Gasteiger partial charge is 0.342 e. The van der Waals surface area contributed by atoms with Crippen LogP contribution in [0.5, 0.6) is 0 Å². The van der Waals surface area contributed by atoms with E-state index in [1.54, 1.807) is 0 Å². The second-order valence-corrected chi connectivity index (χ2v) is 8.14. The van der Waals surface area contributed by atoms with Crippen LogP contribution in [0.4, 0.5) is 0 Å². The summed E-state index contributed by atoms with van der Waals surface area (Å²) in [6, 6.07) is 0. The third-order valence-corrected chi connectivity index (χ3v) is 6.26. The highest BCUT2D eigenvalue weighted by molar-refractivity contribution is 5.79. The van der Waals surface area contributed by atoms with Gasteiger partial charge >= 0.3 is 0 Å². The number of carbonyl (C=O) groups is 2. The van der Waals surface area contributed by atoms with Crippen LogP contribution in [0.15, 0.2) is 0 Å². The van der Waals surface area contributed by atoms with E-state index in [4.69, 9.17) is 0 Å². The number of likely N-dealkylation sites (tertiary alicyclic amines) is 1. The van der Waals surface area contributed by atoms with E-state index in [1.165, 1.54) is 6.42 Å². The molecule has 0 aromatic carbocycles. The molecule has 24 heavy (non-hydrogen) atoms. The lowest BCUT2D eigenvalue weighted by Crippen LogP contribution is -2.50. The maximum atomic E-state index is 12.8. The molecule has 3 aliphatic rings. The topological polar surface area (TPSA) is 43.9 Å². The van der Waals surface area contributed by atoms with Crippen molar-refractivity contribution in [1.82, 2.24) is 14.7 Å². The standard InChI is InChI=1S/C19H33N3O2/c1-20-9-11-21(12-10-20)13-17-3-2-8-22(14-17)19(24)18-6-4-16(15-23)5-7-18/h15-18H,2-14H2,1H3. The molecule has 0 bridgehead atoms. The van der Waals surface area contributed by atoms with E-state index in [2.05, 4.69) is 21.7 Å². The van der Waals surface area contributed by atoms with Crippen LogP contribution >= 0.6 is 0 Å². The zero-order valence-electron chi connectivity index (χ0n) is 15.2. The van der Waals surface area contributed by atoms with Gasteiger partial charge in [-0.05, 0) is 51.5 Å². The summed E-state index contributed by atoms with van der Waals surface area (Å²) in [5, 5.41) is 0. The van der Waals surface area contributed by atoms with Gasteiger partial charge in [-0.1, -0.05) is 0 Å². The van der Waals surface area contributed by atoms with E-state index in [0.717, 1.165) is 84.2 Å². The lowest BCUT2D eigenvalue weighted by molar-refractivity contribution is -0.139. The summed E-state index contributed by atoms with van der Waals surface area (Å²) >= 11 is 0. The van der Waals surface area contributed by atoms with Gasteiger partial charge in [-0.25, -0.2) is 0 Å². The maximum Gasteiger partial charge on any atom is 0.225 e. The predicted molar refractivity (Wildman–Crippen MR) is 94.8 cm³/mol. The number of hydrogen-bond donors (Lipinski definition) is 0. The van der Waals surface area contributed by atoms with Crippen molar-refractivity contribution in [2.75, 3.05) is 52.9 Å². The molecule has 1 unspecified atom stereocenters. The number of carbonyl (C=O) groups excluding carboxylic acids is 2. The zero-order valence-corrected chi connectivity index (χ0v) is 15.2. The van der Waals surface area contributed by atoms with Crippen LogP contribution in [0.1, 0.15) is 38.5 Å². The molecule has 0 aromatic heterocycles. The van der Waals surface area contributed by atoms with Crippen molar-refractivity contribution >= 4 is 12.2 Å². The fourth-order valence-corrected chi connectivity index (χ4v) is 4.57. The van der Waals surface area contributed by atoms with Gasteiger partial charge in [0.05, 0.1) is 0 Å². The zero-order chi connectivity index (χ0) is 16.9. The minimum Gasteiger partial charge on any atom is -0.342 e. The Kier molecular flexibility index (Phi) is 6.28. The molecule has 0 N–H and O–H groups in total. The van der Waals surface area contributed by atoms with E-state index in [0.29, 0.717) is 11.8 Å². The maximum absolute atomic E-state index is 12.8. The molecule has 1 aliphatic carbocycles. The summed E-state index contributed by atoms with van der Waals surface area (Å²) in [4.78, 5) is 30.8. The van der Waals surface area contributed by atoms with Crippen molar-refractivity contribution in [1.29, 1.82) is 0 Å². The molecule has 0 spiro atoms. The normalized spacial score (nSPS) is 33.4. The molecule has 1 saturated carbocycles. The molecular weight excluding hydrogens is 302 g/mol. The van der Waals surface area contributed by atoms with Gasteiger partial charge in [0.2, 0.25) is 5.91 Å². The monoisotopic (exact) mass is 335 g/mol. The number of piperidine rings is 1. The quantitative estimate of drug-likeness (QED) is 0.730. The smallest absolute Gasteiger partial charge is 0.225 e. The average molecular weight is 335 g/mol. The van der Waals surface area contributed by atoms with E-state index in [1.807, 2.05) is 0 Å². The number of rotatable bonds is 4. The predicted octanol–water partition coefficient (Wildman–Crippen LogP) is 1.48. The highest BCUT2D eigenvalue weighted by Crippen LogP contribution is 2.30. The molecule has 2 aliphatic heterocycles. The highest BCUT2D eigenvalue weighted by Gasteiger charge is 2.32. The molecular formula is C19H33N3O2. The Hall–Kier alpha value is -0.940. The van der Waals surface area contributed by atoms with Crippen LogP contribution in [0, 0.1) is 17.8 Å². The number of hydrogen-bond acceptors (Lipinski definition) is 4. The summed E-state index contributed by atoms with van der Waals surface area (Å²) in [6.07, 6.45) is 7.09. The van der Waals surface area contributed by atoms with E-state index in [9.17, 15) is 9.59 Å². The first-order valence-corrected chi connectivity index (χ1v) is 9.80. The van der Waals surface area contributed by atoms with Gasteiger partial charge < -0.3 is 19.5 Å². The summed E-state index contributed by atoms with van der Waals surface area (Å²) in [6.45, 7) is 7.68. The van der Waals surface area contributed by atoms with Crippen molar-refractivity contribution < 1.29 is 9.59 Å². The Labute approximate surface area is 146 Å². The van der Waals surface area contributed by atoms with Crippen LogP contribution in [0.25, 0.3) is 0 Å². The van der Waals surface area contributed by atoms with Crippen molar-refractivity contribution in [3.8, 4) is 0 Å². The van der Waals surface area contributed by atoms with Crippen molar-refractivity contribution in [3.63, 3.8) is 0 Å². The van der Waals surface area contributed by atoms with Crippen molar-refractivity contribution in [2.45, 2.75) is 38.5 Å². The fraction of sp³-hybridized carbons (Fsp3) is 0.895. The SMILES string of the molecule is CN1CCN(CC2CCCN(C(=O)C3CCC(C=O)CC3)C2)CC1. The Morgan fingerprint density at radius 1 is 1.00 bits per heavy atom. The Morgan fingerprint density at radius 3 is 2.38 bits per heavy atom. The number of piperazine rings is 1. The van der Waals surface area contributed by atoms with E-state index >= 15 is 0 Å². The minimum atomic E-state index is 0.170. The van der Waals surface area contributed by atoms with Crippen LogP contribution in [-0.4, -0.2) is 79.8 Å². The highest BCUT2D eigenvalue weighted by atomic mass is 16.2. The van der Waals surface area contributed by atoms with Crippen LogP contribution < -0.4 is 0 Å². The van der Waals surface area contributed by atoms with Gasteiger partial charge in [-0.15, -0.1) is 0 Å². The first-order chi connectivity index (χ1) is 11.7. The molecule has 2 heterocycles. The molecule has 3 fully saturated rings. The number of amides is 1. The number of aldehydes is 1. The molecule has 1 amide bonds. The van der Waals surface area contributed by atoms with Crippen LogP contribution in [-0.2, 0) is 9.59 Å². The molecule has 5 heteroatoms. The van der Waals surface area contributed by atoms with Crippen LogP contribution in [0.3, 0.4) is 0 Å². The lowest BCUT2D eigenvalue weighted by Gasteiger charge is -2.40. The lowest BCUT2D eigenvalue weighted by atomic mass is 9.81. The molecule has 5 nitrogen and oxygen atoms in total. The first-order valence-electron chi connectivity index (χ1n) is 9.80. The van der Waals surface area contributed by atoms with Crippen molar-refractivity contribution in [3.05, 3.63) is 0 Å². The van der Waals surface area contributed by atoms with Gasteiger partial charge in [-0.2, -0.15) is 0 Å². The third-order valence-electron chi connectivity index (χ3n) is 6.26. The summed E-state index contributed by atoms with van der Waals surface area (Å²) < 4.78 is 0. The Bertz CT molecular complexity index is 426. The summed E-state index contributed by atoms with van der Waals surface area (Å²) in [5.41, 5.74) is 0. The van der Waals surface area contributed by atoms with Gasteiger partial charge in [0.25, 0.3) is 0 Å². The first kappa shape index (κ1) is 17.9. The third kappa shape index (κ3) is 4.57. The fourth-order valence-electron chi connectivity index (χ4n) is 4.57. The molecule has 0 aromatic rings. The second kappa shape index (κ2) is 8.43. The molecule has 2 saturated heterocycles. The Morgan fingerprint density at radius 2 is 1.71 bits per heavy atom. The molecule has 1 atom stereocenters. The Balaban J connectivity index is 1.46. The van der Waals surface area contributed by atoms with Gasteiger partial charge in [0, 0.05) is 57.6 Å². The van der Waals surface area contributed by atoms with Gasteiger partial charge in [0.1, 0.15) is 6.29 Å². The summed E-state index contributed by atoms with van der Waals surface area (Å²) in [5.74, 6) is 1.36. The van der Waals surface area contributed by atoms with Crippen LogP contribution in [0.2, 0.25) is 0 Å². The number of nitrogens with zero attached hydrogens (tertiary/aromatic N) is 3. The minimum absolute atomic E-state index is 0.170. The number of likely N-dealkylation sites (N-methyl/N-ethyl adjacent to an activating group) is 1. The van der Waals surface area contributed by atoms with Gasteiger partial charge in [0.15, 0.2) is 0 Å². The summed E-state index contributed by atoms with van der Waals surface area (Å²) in [7, 11) is 2.19. The average Bonchev–Trinajstić information content (AvgIpc) is 2.63. The molecule has 0 radical (unpaired) electrons. The van der Waals surface area contributed by atoms with Gasteiger partial charge in [-0.3, -0.25) is 4.79 Å². The second-order valence-electron chi connectivity index (χ2n) is 8.14. The molecule has 3 rings (SSSR count). The molecule has 136 valence electrons.